The number of anilines is 2. The molecule has 0 atom stereocenters. The van der Waals surface area contributed by atoms with Gasteiger partial charge in [-0.15, -0.1) is 0 Å². The van der Waals surface area contributed by atoms with E-state index in [1.807, 2.05) is 6.92 Å². The standard InChI is InChI=1S/C19H20BrN3O3S/c1-3-17(24)21-13-6-8-14(9-7-13)22-19(27)23-18(25)15-11-12(20)5-10-16(15)26-4-2/h5-11H,3-4H2,1-2H3,(H,21,24)(H2,22,23,25,27). The van der Waals surface area contributed by atoms with Gasteiger partial charge in [0.2, 0.25) is 5.91 Å². The van der Waals surface area contributed by atoms with Crippen LogP contribution in [0.3, 0.4) is 0 Å². The molecule has 0 saturated heterocycles. The fraction of sp³-hybridized carbons (Fsp3) is 0.211. The highest BCUT2D eigenvalue weighted by Gasteiger charge is 2.14. The number of ether oxygens (including phenoxy) is 1. The van der Waals surface area contributed by atoms with Crippen LogP contribution in [0.5, 0.6) is 5.75 Å². The van der Waals surface area contributed by atoms with Crippen LogP contribution in [-0.4, -0.2) is 23.5 Å². The summed E-state index contributed by atoms with van der Waals surface area (Å²) in [5, 5.41) is 8.50. The maximum Gasteiger partial charge on any atom is 0.261 e. The minimum Gasteiger partial charge on any atom is -0.493 e. The predicted molar refractivity (Wildman–Crippen MR) is 114 cm³/mol. The van der Waals surface area contributed by atoms with Crippen molar-refractivity contribution in [2.45, 2.75) is 20.3 Å². The van der Waals surface area contributed by atoms with Crippen LogP contribution in [0.15, 0.2) is 46.9 Å². The molecule has 2 amide bonds. The Kier molecular flexibility index (Phi) is 7.75. The summed E-state index contributed by atoms with van der Waals surface area (Å²) < 4.78 is 6.25. The number of rotatable bonds is 6. The lowest BCUT2D eigenvalue weighted by Gasteiger charge is -2.13. The van der Waals surface area contributed by atoms with Crippen LogP contribution in [0.2, 0.25) is 0 Å². The van der Waals surface area contributed by atoms with Crippen molar-refractivity contribution in [2.75, 3.05) is 17.2 Å². The Morgan fingerprint density at radius 1 is 1.04 bits per heavy atom. The van der Waals surface area contributed by atoms with E-state index < -0.39 is 0 Å². The molecule has 142 valence electrons. The van der Waals surface area contributed by atoms with Crippen LogP contribution in [0.25, 0.3) is 0 Å². The van der Waals surface area contributed by atoms with Gasteiger partial charge in [-0.1, -0.05) is 22.9 Å². The molecule has 2 aromatic rings. The minimum absolute atomic E-state index is 0.0578. The van der Waals surface area contributed by atoms with Crippen molar-refractivity contribution in [2.24, 2.45) is 0 Å². The van der Waals surface area contributed by atoms with Gasteiger partial charge in [0.25, 0.3) is 5.91 Å². The van der Waals surface area contributed by atoms with Gasteiger partial charge in [-0.25, -0.2) is 0 Å². The third-order valence-electron chi connectivity index (χ3n) is 3.46. The summed E-state index contributed by atoms with van der Waals surface area (Å²) in [6.45, 7) is 4.09. The molecule has 0 spiro atoms. The van der Waals surface area contributed by atoms with E-state index in [1.165, 1.54) is 0 Å². The second-order valence-corrected chi connectivity index (χ2v) is 6.78. The molecular formula is C19H20BrN3O3S. The van der Waals surface area contributed by atoms with E-state index in [-0.39, 0.29) is 16.9 Å². The van der Waals surface area contributed by atoms with Gasteiger partial charge >= 0.3 is 0 Å². The van der Waals surface area contributed by atoms with Crippen molar-refractivity contribution >= 4 is 56.4 Å². The smallest absolute Gasteiger partial charge is 0.261 e. The molecule has 0 aliphatic rings. The lowest BCUT2D eigenvalue weighted by atomic mass is 10.2. The van der Waals surface area contributed by atoms with Crippen molar-refractivity contribution in [3.63, 3.8) is 0 Å². The Hall–Kier alpha value is -2.45. The molecule has 0 bridgehead atoms. The number of benzene rings is 2. The van der Waals surface area contributed by atoms with Gasteiger partial charge in [-0.2, -0.15) is 0 Å². The number of carbonyl (C=O) groups is 2. The van der Waals surface area contributed by atoms with Crippen molar-refractivity contribution < 1.29 is 14.3 Å². The van der Waals surface area contributed by atoms with Gasteiger partial charge < -0.3 is 15.4 Å². The largest absolute Gasteiger partial charge is 0.493 e. The normalized spacial score (nSPS) is 10.0. The van der Waals surface area contributed by atoms with Gasteiger partial charge in [-0.3, -0.25) is 14.9 Å². The molecular weight excluding hydrogens is 430 g/mol. The predicted octanol–water partition coefficient (Wildman–Crippen LogP) is 4.32. The highest BCUT2D eigenvalue weighted by atomic mass is 79.9. The fourth-order valence-electron chi connectivity index (χ4n) is 2.18. The van der Waals surface area contributed by atoms with Crippen LogP contribution in [0.4, 0.5) is 11.4 Å². The summed E-state index contributed by atoms with van der Waals surface area (Å²) >= 11 is 8.56. The minimum atomic E-state index is -0.371. The zero-order valence-corrected chi connectivity index (χ0v) is 17.4. The first-order valence-corrected chi connectivity index (χ1v) is 9.57. The Bertz CT molecular complexity index is 841. The summed E-state index contributed by atoms with van der Waals surface area (Å²) in [6, 6.07) is 12.2. The van der Waals surface area contributed by atoms with E-state index in [9.17, 15) is 9.59 Å². The van der Waals surface area contributed by atoms with Crippen LogP contribution >= 0.6 is 28.1 Å². The molecule has 6 nitrogen and oxygen atoms in total. The average molecular weight is 450 g/mol. The molecule has 0 heterocycles. The van der Waals surface area contributed by atoms with Gasteiger partial charge in [0.1, 0.15) is 5.75 Å². The van der Waals surface area contributed by atoms with Crippen LogP contribution in [0, 0.1) is 0 Å². The Morgan fingerprint density at radius 2 is 1.67 bits per heavy atom. The molecule has 0 saturated carbocycles. The maximum absolute atomic E-state index is 12.5. The third-order valence-corrected chi connectivity index (χ3v) is 4.16. The summed E-state index contributed by atoms with van der Waals surface area (Å²) in [4.78, 5) is 23.9. The van der Waals surface area contributed by atoms with Crippen LogP contribution in [-0.2, 0) is 4.79 Å². The van der Waals surface area contributed by atoms with E-state index in [0.29, 0.717) is 35.7 Å². The Labute approximate surface area is 171 Å². The monoisotopic (exact) mass is 449 g/mol. The molecule has 0 aliphatic carbocycles. The highest BCUT2D eigenvalue weighted by Crippen LogP contribution is 2.23. The number of nitrogens with one attached hydrogen (secondary N) is 3. The molecule has 3 N–H and O–H groups in total. The van der Waals surface area contributed by atoms with Crippen LogP contribution in [0.1, 0.15) is 30.6 Å². The number of hydrogen-bond acceptors (Lipinski definition) is 4. The highest BCUT2D eigenvalue weighted by molar-refractivity contribution is 9.10. The molecule has 2 rings (SSSR count). The molecule has 0 radical (unpaired) electrons. The number of hydrogen-bond donors (Lipinski definition) is 3. The van der Waals surface area contributed by atoms with Gasteiger partial charge in [-0.05, 0) is 61.6 Å². The number of amides is 2. The molecule has 8 heteroatoms. The lowest BCUT2D eigenvalue weighted by molar-refractivity contribution is -0.115. The molecule has 0 aromatic heterocycles. The van der Waals surface area contributed by atoms with Crippen molar-refractivity contribution in [3.05, 3.63) is 52.5 Å². The van der Waals surface area contributed by atoms with Crippen LogP contribution < -0.4 is 20.7 Å². The van der Waals surface area contributed by atoms with Gasteiger partial charge in [0.15, 0.2) is 5.11 Å². The van der Waals surface area contributed by atoms with E-state index in [1.54, 1.807) is 49.4 Å². The quantitative estimate of drug-likeness (QED) is 0.572. The Morgan fingerprint density at radius 3 is 2.26 bits per heavy atom. The third kappa shape index (κ3) is 6.33. The second-order valence-electron chi connectivity index (χ2n) is 5.46. The number of halogens is 1. The summed E-state index contributed by atoms with van der Waals surface area (Å²) in [6.07, 6.45) is 0.412. The zero-order valence-electron chi connectivity index (χ0n) is 15.0. The van der Waals surface area contributed by atoms with Crippen molar-refractivity contribution in [3.8, 4) is 5.75 Å². The van der Waals surface area contributed by atoms with Crippen molar-refractivity contribution in [1.29, 1.82) is 0 Å². The number of thiocarbonyl (C=S) groups is 1. The lowest BCUT2D eigenvalue weighted by Crippen LogP contribution is -2.34. The molecule has 0 unspecified atom stereocenters. The SMILES string of the molecule is CCOc1ccc(Br)cc1C(=O)NC(=S)Nc1ccc(NC(=O)CC)cc1. The van der Waals surface area contributed by atoms with E-state index >= 15 is 0 Å². The first kappa shape index (κ1) is 20.9. The van der Waals surface area contributed by atoms with E-state index in [2.05, 4.69) is 31.9 Å². The first-order chi connectivity index (χ1) is 12.9. The second kappa shape index (κ2) is 10.0. The number of carbonyl (C=O) groups excluding carboxylic acids is 2. The summed E-state index contributed by atoms with van der Waals surface area (Å²) in [7, 11) is 0. The zero-order chi connectivity index (χ0) is 19.8. The summed E-state index contributed by atoms with van der Waals surface area (Å²) in [5.74, 6) is 0.0544. The van der Waals surface area contributed by atoms with E-state index in [0.717, 1.165) is 4.47 Å². The average Bonchev–Trinajstić information content (AvgIpc) is 2.64. The van der Waals surface area contributed by atoms with Gasteiger partial charge in [0.05, 0.1) is 12.2 Å². The molecule has 0 fully saturated rings. The van der Waals surface area contributed by atoms with Crippen molar-refractivity contribution in [1.82, 2.24) is 5.32 Å². The first-order valence-electron chi connectivity index (χ1n) is 8.37. The van der Waals surface area contributed by atoms with Gasteiger partial charge in [0, 0.05) is 22.3 Å². The summed E-state index contributed by atoms with van der Waals surface area (Å²) in [5.41, 5.74) is 1.76. The maximum atomic E-state index is 12.5. The Balaban J connectivity index is 2.00. The molecule has 0 aliphatic heterocycles. The topological polar surface area (TPSA) is 79.5 Å². The molecule has 2 aromatic carbocycles. The van der Waals surface area contributed by atoms with E-state index in [4.69, 9.17) is 17.0 Å². The molecule has 27 heavy (non-hydrogen) atoms. The fourth-order valence-corrected chi connectivity index (χ4v) is 2.75.